The van der Waals surface area contributed by atoms with Crippen LogP contribution >= 0.6 is 0 Å². The number of rotatable bonds is 12. The Morgan fingerprint density at radius 1 is 0.938 bits per heavy atom. The van der Waals surface area contributed by atoms with Crippen molar-refractivity contribution < 1.29 is 29.0 Å². The van der Waals surface area contributed by atoms with Crippen molar-refractivity contribution in [2.24, 2.45) is 5.92 Å². The Bertz CT molecular complexity index is 892. The SMILES string of the molecule is CCOC(=O)C(C)C([OH2+])c1cccc([C@H](C)CCCOC(=O)CC(=O)c2ccccc2)c1. The normalized spacial score (nSPS) is 13.6. The molecular formula is C26H33O6+. The summed E-state index contributed by atoms with van der Waals surface area (Å²) in [5.41, 5.74) is 2.35. The van der Waals surface area contributed by atoms with Crippen molar-refractivity contribution in [2.75, 3.05) is 13.2 Å². The second-order valence-corrected chi connectivity index (χ2v) is 7.92. The van der Waals surface area contributed by atoms with Gasteiger partial charge in [-0.15, -0.1) is 0 Å². The monoisotopic (exact) mass is 441 g/mol. The van der Waals surface area contributed by atoms with Gasteiger partial charge in [-0.3, -0.25) is 14.4 Å². The number of esters is 2. The van der Waals surface area contributed by atoms with E-state index in [1.807, 2.05) is 30.3 Å². The minimum absolute atomic E-state index is 0.199. The van der Waals surface area contributed by atoms with Crippen LogP contribution in [0.5, 0.6) is 0 Å². The minimum Gasteiger partial charge on any atom is -0.466 e. The summed E-state index contributed by atoms with van der Waals surface area (Å²) in [5, 5.41) is 8.41. The molecule has 0 aromatic heterocycles. The summed E-state index contributed by atoms with van der Waals surface area (Å²) in [4.78, 5) is 35.9. The molecule has 6 nitrogen and oxygen atoms in total. The molecule has 2 unspecified atom stereocenters. The molecule has 2 N–H and O–H groups in total. The fourth-order valence-electron chi connectivity index (χ4n) is 3.41. The molecule has 0 bridgehead atoms. The topological polar surface area (TPSA) is 92.6 Å². The Labute approximate surface area is 189 Å². The largest absolute Gasteiger partial charge is 0.466 e. The zero-order chi connectivity index (χ0) is 23.5. The van der Waals surface area contributed by atoms with Crippen LogP contribution in [0.25, 0.3) is 0 Å². The molecule has 0 aliphatic rings. The van der Waals surface area contributed by atoms with Crippen LogP contribution in [0.3, 0.4) is 0 Å². The van der Waals surface area contributed by atoms with Crippen LogP contribution in [0.15, 0.2) is 54.6 Å². The van der Waals surface area contributed by atoms with E-state index in [1.165, 1.54) is 0 Å². The molecule has 0 radical (unpaired) electrons. The fourth-order valence-corrected chi connectivity index (χ4v) is 3.41. The lowest BCUT2D eigenvalue weighted by molar-refractivity contribution is -0.151. The predicted octanol–water partition coefficient (Wildman–Crippen LogP) is 4.35. The number of Topliss-reactive ketones (excluding diaryl/α,β-unsaturated/α-hetero) is 1. The van der Waals surface area contributed by atoms with E-state index in [0.717, 1.165) is 17.5 Å². The van der Waals surface area contributed by atoms with Crippen molar-refractivity contribution in [2.45, 2.75) is 52.1 Å². The first-order valence-electron chi connectivity index (χ1n) is 11.0. The van der Waals surface area contributed by atoms with E-state index < -0.39 is 18.0 Å². The van der Waals surface area contributed by atoms with Crippen molar-refractivity contribution in [3.63, 3.8) is 0 Å². The highest BCUT2D eigenvalue weighted by Crippen LogP contribution is 2.27. The van der Waals surface area contributed by atoms with Crippen LogP contribution in [-0.4, -0.2) is 36.0 Å². The predicted molar refractivity (Wildman–Crippen MR) is 123 cm³/mol. The third-order valence-electron chi connectivity index (χ3n) is 5.44. The highest BCUT2D eigenvalue weighted by Gasteiger charge is 2.29. The van der Waals surface area contributed by atoms with E-state index >= 15 is 0 Å². The maximum Gasteiger partial charge on any atom is 0.317 e. The quantitative estimate of drug-likeness (QED) is 0.160. The molecular weight excluding hydrogens is 408 g/mol. The molecule has 0 heterocycles. The average Bonchev–Trinajstić information content (AvgIpc) is 2.81. The van der Waals surface area contributed by atoms with Gasteiger partial charge in [0.1, 0.15) is 12.3 Å². The van der Waals surface area contributed by atoms with Crippen molar-refractivity contribution in [1.29, 1.82) is 0 Å². The smallest absolute Gasteiger partial charge is 0.317 e. The van der Waals surface area contributed by atoms with Crippen LogP contribution in [0, 0.1) is 5.92 Å². The highest BCUT2D eigenvalue weighted by atomic mass is 16.5. The van der Waals surface area contributed by atoms with E-state index in [0.29, 0.717) is 18.6 Å². The van der Waals surface area contributed by atoms with Crippen molar-refractivity contribution in [3.8, 4) is 0 Å². The number of ketones is 1. The fraction of sp³-hybridized carbons (Fsp3) is 0.423. The zero-order valence-corrected chi connectivity index (χ0v) is 19.0. The molecule has 0 amide bonds. The summed E-state index contributed by atoms with van der Waals surface area (Å²) in [7, 11) is 0. The van der Waals surface area contributed by atoms with Crippen LogP contribution in [-0.2, 0) is 19.1 Å². The molecule has 0 fully saturated rings. The minimum atomic E-state index is -0.690. The number of carbonyl (C=O) groups excluding carboxylic acids is 3. The number of hydrogen-bond acceptors (Lipinski definition) is 5. The van der Waals surface area contributed by atoms with Gasteiger partial charge >= 0.3 is 11.9 Å². The van der Waals surface area contributed by atoms with Crippen LogP contribution < -0.4 is 0 Å². The summed E-state index contributed by atoms with van der Waals surface area (Å²) in [6.45, 7) is 6.10. The Balaban J connectivity index is 1.80. The molecule has 2 rings (SSSR count). The van der Waals surface area contributed by atoms with E-state index in [4.69, 9.17) is 14.6 Å². The van der Waals surface area contributed by atoms with Crippen LogP contribution in [0.2, 0.25) is 0 Å². The van der Waals surface area contributed by atoms with Gasteiger partial charge in [-0.25, -0.2) is 0 Å². The second kappa shape index (κ2) is 12.8. The second-order valence-electron chi connectivity index (χ2n) is 7.92. The van der Waals surface area contributed by atoms with Gasteiger partial charge in [0.2, 0.25) is 0 Å². The standard InChI is InChI=1S/C26H32O6/c1-4-31-26(30)19(3)25(29)22-14-8-13-21(16-22)18(2)10-9-15-32-24(28)17-23(27)20-11-6-5-7-12-20/h5-8,11-14,16,18-19,25,29H,4,9-10,15,17H2,1-3H3/p+1/t18-,19?,25?/m1/s1. The van der Waals surface area contributed by atoms with Crippen molar-refractivity contribution in [3.05, 3.63) is 71.3 Å². The Kier molecular flexibility index (Phi) is 10.1. The maximum atomic E-state index is 12.0. The van der Waals surface area contributed by atoms with E-state index in [9.17, 15) is 14.4 Å². The molecule has 2 aromatic carbocycles. The number of ether oxygens (including phenoxy) is 2. The maximum absolute atomic E-state index is 12.0. The van der Waals surface area contributed by atoms with E-state index in [1.54, 1.807) is 38.1 Å². The summed E-state index contributed by atoms with van der Waals surface area (Å²) in [5.74, 6) is -1.47. The van der Waals surface area contributed by atoms with Gasteiger partial charge in [-0.05, 0) is 44.2 Å². The van der Waals surface area contributed by atoms with Gasteiger partial charge in [-0.1, -0.05) is 55.5 Å². The first-order chi connectivity index (χ1) is 15.3. The molecule has 0 aliphatic heterocycles. The van der Waals surface area contributed by atoms with Gasteiger partial charge in [0.05, 0.1) is 13.2 Å². The summed E-state index contributed by atoms with van der Waals surface area (Å²) < 4.78 is 10.3. The molecule has 0 saturated carbocycles. The number of hydrogen-bond donors (Lipinski definition) is 0. The van der Waals surface area contributed by atoms with Gasteiger partial charge in [-0.2, -0.15) is 0 Å². The molecule has 3 atom stereocenters. The lowest BCUT2D eigenvalue weighted by Gasteiger charge is -2.17. The molecule has 2 aromatic rings. The molecule has 0 saturated heterocycles. The molecule has 32 heavy (non-hydrogen) atoms. The molecule has 0 spiro atoms. The number of carbonyl (C=O) groups is 3. The zero-order valence-electron chi connectivity index (χ0n) is 19.0. The third kappa shape index (κ3) is 7.61. The summed E-state index contributed by atoms with van der Waals surface area (Å²) in [6.07, 6.45) is 0.509. The lowest BCUT2D eigenvalue weighted by Crippen LogP contribution is -2.21. The third-order valence-corrected chi connectivity index (χ3v) is 5.44. The Hall–Kier alpha value is -2.99. The molecule has 6 heteroatoms. The van der Waals surface area contributed by atoms with E-state index in [-0.39, 0.29) is 30.7 Å². The van der Waals surface area contributed by atoms with Crippen LogP contribution in [0.1, 0.15) is 73.5 Å². The summed E-state index contributed by atoms with van der Waals surface area (Å²) in [6, 6.07) is 16.4. The van der Waals surface area contributed by atoms with Crippen molar-refractivity contribution >= 4 is 17.7 Å². The first kappa shape index (κ1) is 25.3. The van der Waals surface area contributed by atoms with Gasteiger partial charge in [0.15, 0.2) is 11.9 Å². The Morgan fingerprint density at radius 2 is 1.62 bits per heavy atom. The lowest BCUT2D eigenvalue weighted by atomic mass is 9.91. The molecule has 172 valence electrons. The highest BCUT2D eigenvalue weighted by molar-refractivity contribution is 6.05. The van der Waals surface area contributed by atoms with Crippen molar-refractivity contribution in [1.82, 2.24) is 0 Å². The molecule has 0 aliphatic carbocycles. The number of benzene rings is 2. The Morgan fingerprint density at radius 3 is 2.31 bits per heavy atom. The van der Waals surface area contributed by atoms with E-state index in [2.05, 4.69) is 6.92 Å². The van der Waals surface area contributed by atoms with Gasteiger partial charge in [0.25, 0.3) is 0 Å². The van der Waals surface area contributed by atoms with Gasteiger partial charge < -0.3 is 14.6 Å². The summed E-state index contributed by atoms with van der Waals surface area (Å²) >= 11 is 0. The first-order valence-corrected chi connectivity index (χ1v) is 11.0. The average molecular weight is 442 g/mol. The van der Waals surface area contributed by atoms with Crippen LogP contribution in [0.4, 0.5) is 0 Å². The van der Waals surface area contributed by atoms with Gasteiger partial charge in [0, 0.05) is 11.1 Å².